The van der Waals surface area contributed by atoms with Gasteiger partial charge in [-0.15, -0.1) is 0 Å². The first-order valence-corrected chi connectivity index (χ1v) is 9.17. The van der Waals surface area contributed by atoms with Gasteiger partial charge in [0.1, 0.15) is 47.8 Å². The molecule has 1 aromatic heterocycles. The van der Waals surface area contributed by atoms with Gasteiger partial charge in [0.15, 0.2) is 5.43 Å². The van der Waals surface area contributed by atoms with Crippen LogP contribution in [-0.2, 0) is 4.74 Å². The molecule has 2 heterocycles. The molecule has 1 aliphatic rings. The molecule has 9 heteroatoms. The number of aliphatic hydroxyl groups is 4. The van der Waals surface area contributed by atoms with Crippen LogP contribution in [0.5, 0.6) is 5.75 Å². The molecule has 2 aromatic carbocycles. The molecule has 3 aromatic rings. The number of fused-ring (bicyclic) bond motifs is 1. The molecule has 1 fully saturated rings. The molecule has 0 radical (unpaired) electrons. The Morgan fingerprint density at radius 1 is 1.00 bits per heavy atom. The van der Waals surface area contributed by atoms with Crippen molar-refractivity contribution in [1.29, 1.82) is 0 Å². The second-order valence-corrected chi connectivity index (χ2v) is 6.96. The van der Waals surface area contributed by atoms with E-state index in [1.54, 1.807) is 0 Å². The fourth-order valence-corrected chi connectivity index (χ4v) is 3.31. The smallest absolute Gasteiger partial charge is 0.229 e. The normalized spacial score (nSPS) is 26.6. The van der Waals surface area contributed by atoms with Gasteiger partial charge in [-0.05, 0) is 29.8 Å². The summed E-state index contributed by atoms with van der Waals surface area (Å²) in [6.45, 7) is -0.580. The van der Waals surface area contributed by atoms with Gasteiger partial charge in [-0.3, -0.25) is 4.79 Å². The Bertz CT molecular complexity index is 1090. The summed E-state index contributed by atoms with van der Waals surface area (Å²) < 4.78 is 29.5. The van der Waals surface area contributed by atoms with Crippen LogP contribution in [0.25, 0.3) is 22.1 Å². The van der Waals surface area contributed by atoms with E-state index in [1.165, 1.54) is 48.7 Å². The lowest BCUT2D eigenvalue weighted by Gasteiger charge is -2.39. The molecule has 8 nitrogen and oxygen atoms in total. The van der Waals surface area contributed by atoms with E-state index in [4.69, 9.17) is 13.9 Å². The lowest BCUT2D eigenvalue weighted by Crippen LogP contribution is -2.60. The minimum Gasteiger partial charge on any atom is -0.463 e. The van der Waals surface area contributed by atoms with Crippen molar-refractivity contribution in [3.05, 3.63) is 64.8 Å². The maximum atomic E-state index is 13.1. The van der Waals surface area contributed by atoms with Crippen LogP contribution in [0.3, 0.4) is 0 Å². The molecule has 0 aliphatic carbocycles. The number of halogens is 1. The van der Waals surface area contributed by atoms with Crippen LogP contribution in [0.4, 0.5) is 4.39 Å². The van der Waals surface area contributed by atoms with Crippen molar-refractivity contribution < 1.29 is 38.7 Å². The largest absolute Gasteiger partial charge is 0.463 e. The van der Waals surface area contributed by atoms with E-state index in [-0.39, 0.29) is 27.7 Å². The van der Waals surface area contributed by atoms with Crippen molar-refractivity contribution in [2.45, 2.75) is 30.7 Å². The fraction of sp³-hybridized carbons (Fsp3) is 0.286. The summed E-state index contributed by atoms with van der Waals surface area (Å²) in [7, 11) is 0. The number of benzene rings is 2. The zero-order valence-corrected chi connectivity index (χ0v) is 15.5. The van der Waals surface area contributed by atoms with Crippen LogP contribution in [0.2, 0.25) is 0 Å². The Hall–Kier alpha value is -2.82. The molecule has 1 saturated heterocycles. The Morgan fingerprint density at radius 3 is 2.43 bits per heavy atom. The second-order valence-electron chi connectivity index (χ2n) is 6.96. The molecular weight excluding hydrogens is 399 g/mol. The highest BCUT2D eigenvalue weighted by atomic mass is 19.1. The molecule has 0 saturated carbocycles. The minimum atomic E-state index is -1.57. The molecule has 0 amide bonds. The number of rotatable bonds is 4. The third-order valence-corrected chi connectivity index (χ3v) is 5.00. The second kappa shape index (κ2) is 8.13. The van der Waals surface area contributed by atoms with Crippen LogP contribution in [-0.4, -0.2) is 57.7 Å². The van der Waals surface area contributed by atoms with E-state index in [0.29, 0.717) is 5.56 Å². The van der Waals surface area contributed by atoms with E-state index in [9.17, 15) is 29.6 Å². The lowest BCUT2D eigenvalue weighted by atomic mass is 9.99. The van der Waals surface area contributed by atoms with Gasteiger partial charge in [0.2, 0.25) is 6.29 Å². The highest BCUT2D eigenvalue weighted by Gasteiger charge is 2.44. The van der Waals surface area contributed by atoms with Crippen molar-refractivity contribution in [3.63, 3.8) is 0 Å². The third-order valence-electron chi connectivity index (χ3n) is 5.00. The number of hydrogen-bond acceptors (Lipinski definition) is 8. The summed E-state index contributed by atoms with van der Waals surface area (Å²) in [5.74, 6) is -0.247. The maximum Gasteiger partial charge on any atom is 0.229 e. The zero-order chi connectivity index (χ0) is 21.4. The van der Waals surface area contributed by atoms with Gasteiger partial charge < -0.3 is 34.3 Å². The molecule has 4 N–H and O–H groups in total. The first kappa shape index (κ1) is 20.5. The van der Waals surface area contributed by atoms with Crippen LogP contribution in [0.15, 0.2) is 57.9 Å². The first-order valence-electron chi connectivity index (χ1n) is 9.17. The number of hydrogen-bond donors (Lipinski definition) is 4. The van der Waals surface area contributed by atoms with Gasteiger partial charge in [0.25, 0.3) is 0 Å². The van der Waals surface area contributed by atoms with E-state index < -0.39 is 43.1 Å². The first-order chi connectivity index (χ1) is 14.4. The minimum absolute atomic E-state index is 0.171. The Balaban J connectivity index is 1.62. The van der Waals surface area contributed by atoms with Crippen LogP contribution < -0.4 is 10.2 Å². The molecule has 1 aliphatic heterocycles. The molecule has 5 atom stereocenters. The highest BCUT2D eigenvalue weighted by molar-refractivity contribution is 5.82. The van der Waals surface area contributed by atoms with Crippen LogP contribution in [0, 0.1) is 5.82 Å². The van der Waals surface area contributed by atoms with Gasteiger partial charge in [0, 0.05) is 6.07 Å². The number of ether oxygens (including phenoxy) is 2. The Labute approximate surface area is 169 Å². The Morgan fingerprint density at radius 2 is 1.73 bits per heavy atom. The molecule has 0 unspecified atom stereocenters. The van der Waals surface area contributed by atoms with E-state index in [1.807, 2.05) is 0 Å². The number of aliphatic hydroxyl groups excluding tert-OH is 4. The predicted molar refractivity (Wildman–Crippen MR) is 102 cm³/mol. The average molecular weight is 418 g/mol. The topological polar surface area (TPSA) is 130 Å². The van der Waals surface area contributed by atoms with Crippen LogP contribution in [0.1, 0.15) is 0 Å². The summed E-state index contributed by atoms with van der Waals surface area (Å²) >= 11 is 0. The monoisotopic (exact) mass is 418 g/mol. The van der Waals surface area contributed by atoms with Crippen molar-refractivity contribution in [2.75, 3.05) is 6.61 Å². The lowest BCUT2D eigenvalue weighted by molar-refractivity contribution is -0.277. The van der Waals surface area contributed by atoms with Gasteiger partial charge in [0.05, 0.1) is 17.6 Å². The molecular formula is C21H19FO8. The SMILES string of the molecule is O=c1c(-c2ccc(F)cc2)coc2cc(O[C@@H]3O[C@H](CO)[C@H](O)[C@H](O)[C@@H]3O)ccc12. The quantitative estimate of drug-likeness (QED) is 0.489. The Kier molecular flexibility index (Phi) is 5.54. The van der Waals surface area contributed by atoms with Crippen molar-refractivity contribution in [2.24, 2.45) is 0 Å². The van der Waals surface area contributed by atoms with Crippen molar-refractivity contribution >= 4 is 11.0 Å². The summed E-state index contributed by atoms with van der Waals surface area (Å²) in [6.07, 6.45) is -5.84. The highest BCUT2D eigenvalue weighted by Crippen LogP contribution is 2.27. The van der Waals surface area contributed by atoms with Crippen LogP contribution >= 0.6 is 0 Å². The molecule has 0 spiro atoms. The molecule has 0 bridgehead atoms. The van der Waals surface area contributed by atoms with Crippen molar-refractivity contribution in [1.82, 2.24) is 0 Å². The maximum absolute atomic E-state index is 13.1. The summed E-state index contributed by atoms with van der Waals surface area (Å²) in [5, 5.41) is 39.3. The fourth-order valence-electron chi connectivity index (χ4n) is 3.31. The zero-order valence-electron chi connectivity index (χ0n) is 15.5. The van der Waals surface area contributed by atoms with Crippen molar-refractivity contribution in [3.8, 4) is 16.9 Å². The summed E-state index contributed by atoms with van der Waals surface area (Å²) in [4.78, 5) is 12.8. The van der Waals surface area contributed by atoms with E-state index in [0.717, 1.165) is 0 Å². The van der Waals surface area contributed by atoms with Gasteiger partial charge in [-0.2, -0.15) is 0 Å². The average Bonchev–Trinajstić information content (AvgIpc) is 2.75. The van der Waals surface area contributed by atoms with Gasteiger partial charge in [-0.25, -0.2) is 4.39 Å². The summed E-state index contributed by atoms with van der Waals surface area (Å²) in [6, 6.07) is 9.77. The molecule has 158 valence electrons. The standard InChI is InChI=1S/C21H19FO8/c22-11-3-1-10(2-4-11)14-9-28-15-7-12(5-6-13(15)17(14)24)29-21-20(27)19(26)18(25)16(8-23)30-21/h1-7,9,16,18-21,23,25-27H,8H2/t16-,18+,19+,20+,21-/m1/s1. The van der Waals surface area contributed by atoms with E-state index in [2.05, 4.69) is 0 Å². The summed E-state index contributed by atoms with van der Waals surface area (Å²) in [5.41, 5.74) is 0.661. The predicted octanol–water partition coefficient (Wildman–Crippen LogP) is 0.778. The van der Waals surface area contributed by atoms with Gasteiger partial charge >= 0.3 is 0 Å². The molecule has 30 heavy (non-hydrogen) atoms. The van der Waals surface area contributed by atoms with E-state index >= 15 is 0 Å². The van der Waals surface area contributed by atoms with Gasteiger partial charge in [-0.1, -0.05) is 12.1 Å². The third kappa shape index (κ3) is 3.69. The molecule has 4 rings (SSSR count).